The van der Waals surface area contributed by atoms with Gasteiger partial charge in [0.2, 0.25) is 0 Å². The number of oxime groups is 2. The van der Waals surface area contributed by atoms with Crippen molar-refractivity contribution in [3.8, 4) is 5.75 Å². The number of hydrogen-bond donors (Lipinski definition) is 0. The Morgan fingerprint density at radius 3 is 2.32 bits per heavy atom. The van der Waals surface area contributed by atoms with Crippen molar-refractivity contribution >= 4 is 54.8 Å². The standard InChI is InChI=1S/C27H30Br2N2O6/c1-18(30-37-14-20-8-6-7-9-22(20)23(15-33-3)25(32)34-4)24(31-35-5)19-10-12-21(13-11-19)36-17-26(2)16-27(26,28)29/h6-13,15H,14,16-17H2,1-5H3. The summed E-state index contributed by atoms with van der Waals surface area (Å²) in [5, 5.41) is 8.37. The number of rotatable bonds is 12. The van der Waals surface area contributed by atoms with E-state index in [0.29, 0.717) is 23.6 Å². The van der Waals surface area contributed by atoms with Crippen molar-refractivity contribution in [2.75, 3.05) is 27.9 Å². The minimum Gasteiger partial charge on any atom is -0.503 e. The lowest BCUT2D eigenvalue weighted by atomic mass is 10.0. The van der Waals surface area contributed by atoms with E-state index in [1.807, 2.05) is 42.5 Å². The molecule has 0 aromatic heterocycles. The van der Waals surface area contributed by atoms with Gasteiger partial charge in [0.05, 0.1) is 30.3 Å². The predicted molar refractivity (Wildman–Crippen MR) is 150 cm³/mol. The van der Waals surface area contributed by atoms with Crippen molar-refractivity contribution in [1.82, 2.24) is 0 Å². The van der Waals surface area contributed by atoms with Crippen LogP contribution in [0.5, 0.6) is 5.75 Å². The SMILES string of the molecule is COC=C(C(=O)OC)c1ccccc1CON=C(C)C(=NOC)c1ccc(OCC2(C)CC2(Br)Br)cc1. The molecule has 1 fully saturated rings. The maximum atomic E-state index is 12.2. The van der Waals surface area contributed by atoms with Gasteiger partial charge in [-0.25, -0.2) is 4.79 Å². The molecule has 0 bridgehead atoms. The number of carbonyl (C=O) groups excluding carboxylic acids is 1. The molecule has 198 valence electrons. The van der Waals surface area contributed by atoms with Gasteiger partial charge in [-0.3, -0.25) is 0 Å². The van der Waals surface area contributed by atoms with Crippen LogP contribution < -0.4 is 4.74 Å². The van der Waals surface area contributed by atoms with Crippen LogP contribution >= 0.6 is 31.9 Å². The summed E-state index contributed by atoms with van der Waals surface area (Å²) in [5.74, 6) is 0.248. The van der Waals surface area contributed by atoms with E-state index in [-0.39, 0.29) is 20.8 Å². The molecule has 0 saturated heterocycles. The van der Waals surface area contributed by atoms with Crippen LogP contribution in [0.4, 0.5) is 0 Å². The zero-order chi connectivity index (χ0) is 27.1. The first-order chi connectivity index (χ1) is 17.7. The summed E-state index contributed by atoms with van der Waals surface area (Å²) >= 11 is 7.32. The smallest absolute Gasteiger partial charge is 0.341 e. The van der Waals surface area contributed by atoms with Crippen LogP contribution in [0.25, 0.3) is 5.57 Å². The molecule has 1 unspecified atom stereocenters. The number of nitrogens with zero attached hydrogens (tertiary/aromatic N) is 2. The van der Waals surface area contributed by atoms with Gasteiger partial charge in [0.1, 0.15) is 36.5 Å². The molecule has 0 radical (unpaired) electrons. The molecule has 2 aromatic carbocycles. The number of alkyl halides is 2. The molecule has 2 aromatic rings. The molecule has 1 atom stereocenters. The molecular weight excluding hydrogens is 608 g/mol. The van der Waals surface area contributed by atoms with Crippen LogP contribution in [-0.2, 0) is 30.6 Å². The average Bonchev–Trinajstić information content (AvgIpc) is 3.41. The van der Waals surface area contributed by atoms with E-state index < -0.39 is 5.97 Å². The van der Waals surface area contributed by atoms with Gasteiger partial charge in [0, 0.05) is 16.5 Å². The molecule has 1 aliphatic rings. The first-order valence-electron chi connectivity index (χ1n) is 11.4. The normalized spacial score (nSPS) is 19.2. The van der Waals surface area contributed by atoms with E-state index >= 15 is 0 Å². The molecular formula is C27H30Br2N2O6. The lowest BCUT2D eigenvalue weighted by Gasteiger charge is -2.14. The Kier molecular flexibility index (Phi) is 9.78. The zero-order valence-corrected chi connectivity index (χ0v) is 24.6. The highest BCUT2D eigenvalue weighted by Gasteiger charge is 2.62. The Morgan fingerprint density at radius 1 is 1.05 bits per heavy atom. The molecule has 37 heavy (non-hydrogen) atoms. The second-order valence-electron chi connectivity index (χ2n) is 8.74. The maximum Gasteiger partial charge on any atom is 0.341 e. The lowest BCUT2D eigenvalue weighted by Crippen LogP contribution is -2.15. The average molecular weight is 638 g/mol. The van der Waals surface area contributed by atoms with E-state index in [2.05, 4.69) is 49.1 Å². The third-order valence-corrected chi connectivity index (χ3v) is 8.43. The molecule has 1 saturated carbocycles. The Morgan fingerprint density at radius 2 is 1.73 bits per heavy atom. The second kappa shape index (κ2) is 12.6. The summed E-state index contributed by atoms with van der Waals surface area (Å²) in [4.78, 5) is 22.9. The third-order valence-electron chi connectivity index (χ3n) is 5.95. The van der Waals surface area contributed by atoms with Crippen LogP contribution in [0.15, 0.2) is 65.1 Å². The summed E-state index contributed by atoms with van der Waals surface area (Å²) < 4.78 is 15.9. The van der Waals surface area contributed by atoms with Gasteiger partial charge < -0.3 is 23.9 Å². The number of halogens is 2. The summed E-state index contributed by atoms with van der Waals surface area (Å²) in [5.41, 5.74) is 3.52. The van der Waals surface area contributed by atoms with Crippen LogP contribution in [0.3, 0.4) is 0 Å². The van der Waals surface area contributed by atoms with Crippen molar-refractivity contribution in [1.29, 1.82) is 0 Å². The number of benzene rings is 2. The largest absolute Gasteiger partial charge is 0.503 e. The van der Waals surface area contributed by atoms with Crippen LogP contribution in [0.2, 0.25) is 0 Å². The van der Waals surface area contributed by atoms with Crippen molar-refractivity contribution in [3.05, 3.63) is 71.5 Å². The number of carbonyl (C=O) groups is 1. The van der Waals surface area contributed by atoms with Gasteiger partial charge in [-0.15, -0.1) is 0 Å². The van der Waals surface area contributed by atoms with E-state index in [1.165, 1.54) is 27.6 Å². The molecule has 8 nitrogen and oxygen atoms in total. The van der Waals surface area contributed by atoms with Crippen LogP contribution in [-0.4, -0.2) is 48.6 Å². The minimum absolute atomic E-state index is 0.0461. The Hall–Kier alpha value is -2.85. The fourth-order valence-corrected chi connectivity index (χ4v) is 5.04. The molecule has 1 aliphatic carbocycles. The highest BCUT2D eigenvalue weighted by atomic mass is 79.9. The molecule has 0 spiro atoms. The maximum absolute atomic E-state index is 12.2. The molecule has 0 amide bonds. The lowest BCUT2D eigenvalue weighted by molar-refractivity contribution is -0.133. The predicted octanol–water partition coefficient (Wildman–Crippen LogP) is 6.07. The monoisotopic (exact) mass is 636 g/mol. The number of ether oxygens (including phenoxy) is 3. The van der Waals surface area contributed by atoms with Crippen molar-refractivity contribution in [2.24, 2.45) is 15.7 Å². The van der Waals surface area contributed by atoms with Crippen molar-refractivity contribution < 1.29 is 28.7 Å². The van der Waals surface area contributed by atoms with Crippen molar-refractivity contribution in [2.45, 2.75) is 30.1 Å². The highest BCUT2D eigenvalue weighted by molar-refractivity contribution is 9.25. The topological polar surface area (TPSA) is 87.9 Å². The van der Waals surface area contributed by atoms with Gasteiger partial charge in [-0.05, 0) is 43.2 Å². The van der Waals surface area contributed by atoms with E-state index in [1.54, 1.807) is 13.0 Å². The minimum atomic E-state index is -0.513. The fraction of sp³-hybridized carbons (Fsp3) is 0.370. The van der Waals surface area contributed by atoms with Gasteiger partial charge in [0.15, 0.2) is 0 Å². The molecule has 0 aliphatic heterocycles. The fourth-order valence-electron chi connectivity index (χ4n) is 3.57. The van der Waals surface area contributed by atoms with Crippen LogP contribution in [0, 0.1) is 5.41 Å². The first kappa shape index (κ1) is 28.7. The van der Waals surface area contributed by atoms with Gasteiger partial charge in [0.25, 0.3) is 0 Å². The van der Waals surface area contributed by atoms with Gasteiger partial charge in [-0.2, -0.15) is 0 Å². The Balaban J connectivity index is 1.70. The second-order valence-corrected chi connectivity index (χ2v) is 12.5. The van der Waals surface area contributed by atoms with Crippen LogP contribution in [0.1, 0.15) is 37.0 Å². The summed E-state index contributed by atoms with van der Waals surface area (Å²) in [6.45, 7) is 4.64. The van der Waals surface area contributed by atoms with E-state index in [4.69, 9.17) is 23.9 Å². The van der Waals surface area contributed by atoms with E-state index in [9.17, 15) is 4.79 Å². The number of methoxy groups -OCH3 is 2. The first-order valence-corrected chi connectivity index (χ1v) is 13.0. The molecule has 10 heteroatoms. The van der Waals surface area contributed by atoms with E-state index in [0.717, 1.165) is 23.3 Å². The quantitative estimate of drug-likeness (QED) is 0.0702. The summed E-state index contributed by atoms with van der Waals surface area (Å²) in [6, 6.07) is 14.9. The highest BCUT2D eigenvalue weighted by Crippen LogP contribution is 2.66. The van der Waals surface area contributed by atoms with Gasteiger partial charge in [-0.1, -0.05) is 73.4 Å². The number of hydrogen-bond acceptors (Lipinski definition) is 8. The number of esters is 1. The van der Waals surface area contributed by atoms with Crippen molar-refractivity contribution in [3.63, 3.8) is 0 Å². The molecule has 3 rings (SSSR count). The Labute approximate surface area is 233 Å². The molecule has 0 N–H and O–H groups in total. The molecule has 0 heterocycles. The Bertz CT molecular complexity index is 1190. The summed E-state index contributed by atoms with van der Waals surface area (Å²) in [7, 11) is 4.26. The zero-order valence-electron chi connectivity index (χ0n) is 21.4. The summed E-state index contributed by atoms with van der Waals surface area (Å²) in [6.07, 6.45) is 2.34. The third kappa shape index (κ3) is 7.13. The van der Waals surface area contributed by atoms with Gasteiger partial charge >= 0.3 is 5.97 Å².